The van der Waals surface area contributed by atoms with Crippen molar-refractivity contribution in [1.29, 1.82) is 0 Å². The Morgan fingerprint density at radius 2 is 1.95 bits per heavy atom. The molecule has 0 spiro atoms. The number of fused-ring (bicyclic) bond motifs is 1. The molecule has 0 radical (unpaired) electrons. The monoisotopic (exact) mass is 296 g/mol. The summed E-state index contributed by atoms with van der Waals surface area (Å²) in [6.45, 7) is 0. The molecule has 21 heavy (non-hydrogen) atoms. The van der Waals surface area contributed by atoms with Gasteiger partial charge in [-0.3, -0.25) is 0 Å². The third-order valence-corrected chi connectivity index (χ3v) is 3.71. The van der Waals surface area contributed by atoms with Crippen molar-refractivity contribution in [2.24, 2.45) is 0 Å². The van der Waals surface area contributed by atoms with Crippen molar-refractivity contribution in [3.05, 3.63) is 53.1 Å². The lowest BCUT2D eigenvalue weighted by atomic mass is 10.1. The summed E-state index contributed by atoms with van der Waals surface area (Å²) in [6.07, 6.45) is -0.161. The van der Waals surface area contributed by atoms with Gasteiger partial charge in [-0.05, 0) is 30.5 Å². The molecule has 1 unspecified atom stereocenters. The number of aliphatic hydroxyl groups excluding tert-OH is 1. The zero-order valence-corrected chi connectivity index (χ0v) is 11.3. The zero-order valence-electron chi connectivity index (χ0n) is 11.3. The lowest BCUT2D eigenvalue weighted by molar-refractivity contribution is -0.137. The number of hydrogen-bond acceptors (Lipinski definition) is 2. The fourth-order valence-electron chi connectivity index (χ4n) is 2.62. The largest absolute Gasteiger partial charge is 0.416 e. The average molecular weight is 296 g/mol. The van der Waals surface area contributed by atoms with Crippen molar-refractivity contribution in [3.8, 4) is 0 Å². The van der Waals surface area contributed by atoms with E-state index in [1.807, 2.05) is 0 Å². The zero-order chi connectivity index (χ0) is 15.0. The van der Waals surface area contributed by atoms with Gasteiger partial charge in [0, 0.05) is 19.0 Å². The first-order valence-electron chi connectivity index (χ1n) is 6.84. The first-order chi connectivity index (χ1) is 9.93. The molecule has 0 fully saturated rings. The van der Waals surface area contributed by atoms with Crippen LogP contribution in [-0.4, -0.2) is 14.7 Å². The van der Waals surface area contributed by atoms with E-state index in [1.165, 1.54) is 12.1 Å². The molecule has 2 heterocycles. The van der Waals surface area contributed by atoms with Gasteiger partial charge in [0.1, 0.15) is 12.1 Å². The van der Waals surface area contributed by atoms with Crippen LogP contribution in [0, 0.1) is 0 Å². The van der Waals surface area contributed by atoms with E-state index in [1.54, 1.807) is 10.8 Å². The third kappa shape index (κ3) is 2.95. The number of aryl methyl sites for hydroxylation is 1. The predicted octanol–water partition coefficient (Wildman–Crippen LogP) is 3.32. The normalized spacial score (nSPS) is 18.6. The number of aromatic nitrogens is 2. The summed E-state index contributed by atoms with van der Waals surface area (Å²) in [5, 5.41) is 9.86. The van der Waals surface area contributed by atoms with E-state index in [-0.39, 0.29) is 0 Å². The van der Waals surface area contributed by atoms with Crippen LogP contribution in [0.1, 0.15) is 41.7 Å². The van der Waals surface area contributed by atoms with Crippen LogP contribution in [0.4, 0.5) is 13.2 Å². The fourth-order valence-corrected chi connectivity index (χ4v) is 2.62. The summed E-state index contributed by atoms with van der Waals surface area (Å²) in [5.74, 6) is 0.843. The van der Waals surface area contributed by atoms with Gasteiger partial charge in [-0.15, -0.1) is 0 Å². The molecule has 1 aliphatic heterocycles. The number of aliphatic hydroxyl groups is 1. The predicted molar refractivity (Wildman–Crippen MR) is 70.7 cm³/mol. The highest BCUT2D eigenvalue weighted by Gasteiger charge is 2.30. The summed E-state index contributed by atoms with van der Waals surface area (Å²) in [5.41, 5.74) is 0.893. The Morgan fingerprint density at radius 3 is 2.57 bits per heavy atom. The SMILES string of the molecule is OC1CCCc2nc(Cc3ccc(C(F)(F)F)cc3)cn21. The molecule has 0 aliphatic carbocycles. The third-order valence-electron chi connectivity index (χ3n) is 3.71. The molecule has 1 aliphatic rings. The quantitative estimate of drug-likeness (QED) is 0.923. The maximum Gasteiger partial charge on any atom is 0.416 e. The number of benzene rings is 1. The van der Waals surface area contributed by atoms with E-state index in [9.17, 15) is 18.3 Å². The van der Waals surface area contributed by atoms with Gasteiger partial charge in [0.15, 0.2) is 0 Å². The number of halogens is 3. The molecule has 0 bridgehead atoms. The lowest BCUT2D eigenvalue weighted by Crippen LogP contribution is -2.16. The summed E-state index contributed by atoms with van der Waals surface area (Å²) in [6, 6.07) is 5.11. The second-order valence-electron chi connectivity index (χ2n) is 5.30. The minimum atomic E-state index is -4.31. The Kier molecular flexibility index (Phi) is 3.49. The van der Waals surface area contributed by atoms with Crippen molar-refractivity contribution in [3.63, 3.8) is 0 Å². The Labute approximate surface area is 120 Å². The second kappa shape index (κ2) is 5.18. The molecule has 6 heteroatoms. The maximum absolute atomic E-state index is 12.5. The smallest absolute Gasteiger partial charge is 0.373 e. The Bertz CT molecular complexity index is 631. The average Bonchev–Trinajstić information content (AvgIpc) is 2.82. The van der Waals surface area contributed by atoms with Gasteiger partial charge in [-0.25, -0.2) is 4.98 Å². The van der Waals surface area contributed by atoms with Crippen LogP contribution in [0.5, 0.6) is 0 Å². The molecule has 1 atom stereocenters. The van der Waals surface area contributed by atoms with E-state index in [2.05, 4.69) is 4.98 Å². The van der Waals surface area contributed by atoms with Gasteiger partial charge in [-0.1, -0.05) is 12.1 Å². The van der Waals surface area contributed by atoms with Crippen LogP contribution < -0.4 is 0 Å². The first-order valence-corrected chi connectivity index (χ1v) is 6.84. The molecular formula is C15H15F3N2O. The molecule has 3 nitrogen and oxygen atoms in total. The van der Waals surface area contributed by atoms with E-state index in [0.717, 1.165) is 42.1 Å². The van der Waals surface area contributed by atoms with E-state index >= 15 is 0 Å². The molecule has 1 N–H and O–H groups in total. The van der Waals surface area contributed by atoms with Crippen LogP contribution in [0.3, 0.4) is 0 Å². The first kappa shape index (κ1) is 14.1. The summed E-state index contributed by atoms with van der Waals surface area (Å²) in [7, 11) is 0. The van der Waals surface area contributed by atoms with Gasteiger partial charge in [0.25, 0.3) is 0 Å². The van der Waals surface area contributed by atoms with E-state index < -0.39 is 18.0 Å². The fraction of sp³-hybridized carbons (Fsp3) is 0.400. The Hall–Kier alpha value is -1.82. The lowest BCUT2D eigenvalue weighted by Gasteiger charge is -2.19. The number of rotatable bonds is 2. The maximum atomic E-state index is 12.5. The molecular weight excluding hydrogens is 281 g/mol. The van der Waals surface area contributed by atoms with Crippen LogP contribution in [0.2, 0.25) is 0 Å². The molecule has 0 saturated heterocycles. The standard InChI is InChI=1S/C15H15F3N2O/c16-15(17,18)11-6-4-10(5-7-11)8-12-9-20-13(19-12)2-1-3-14(20)21/h4-7,9,14,21H,1-3,8H2. The summed E-state index contributed by atoms with van der Waals surface area (Å²) in [4.78, 5) is 4.45. The van der Waals surface area contributed by atoms with Gasteiger partial charge < -0.3 is 9.67 Å². The van der Waals surface area contributed by atoms with Crippen LogP contribution in [-0.2, 0) is 19.0 Å². The van der Waals surface area contributed by atoms with Crippen molar-refractivity contribution >= 4 is 0 Å². The van der Waals surface area contributed by atoms with Gasteiger partial charge in [0.2, 0.25) is 0 Å². The van der Waals surface area contributed by atoms with Crippen LogP contribution in [0.15, 0.2) is 30.5 Å². The minimum Gasteiger partial charge on any atom is -0.373 e. The highest BCUT2D eigenvalue weighted by molar-refractivity contribution is 5.27. The van der Waals surface area contributed by atoms with E-state index in [0.29, 0.717) is 12.8 Å². The number of imidazole rings is 1. The van der Waals surface area contributed by atoms with Gasteiger partial charge in [0.05, 0.1) is 11.3 Å². The summed E-state index contributed by atoms with van der Waals surface area (Å²) < 4.78 is 39.3. The highest BCUT2D eigenvalue weighted by atomic mass is 19.4. The molecule has 0 amide bonds. The number of nitrogens with zero attached hydrogens (tertiary/aromatic N) is 2. The number of hydrogen-bond donors (Lipinski definition) is 1. The topological polar surface area (TPSA) is 38.1 Å². The van der Waals surface area contributed by atoms with Gasteiger partial charge in [-0.2, -0.15) is 13.2 Å². The molecule has 0 saturated carbocycles. The molecule has 1 aromatic carbocycles. The Morgan fingerprint density at radius 1 is 1.24 bits per heavy atom. The molecule has 3 rings (SSSR count). The van der Waals surface area contributed by atoms with Crippen molar-refractivity contribution in [1.82, 2.24) is 9.55 Å². The molecule has 112 valence electrons. The molecule has 2 aromatic rings. The second-order valence-corrected chi connectivity index (χ2v) is 5.30. The summed E-state index contributed by atoms with van der Waals surface area (Å²) >= 11 is 0. The minimum absolute atomic E-state index is 0.463. The van der Waals surface area contributed by atoms with Crippen LogP contribution >= 0.6 is 0 Å². The van der Waals surface area contributed by atoms with Crippen molar-refractivity contribution < 1.29 is 18.3 Å². The van der Waals surface area contributed by atoms with Crippen molar-refractivity contribution in [2.75, 3.05) is 0 Å². The van der Waals surface area contributed by atoms with Gasteiger partial charge >= 0.3 is 6.18 Å². The highest BCUT2D eigenvalue weighted by Crippen LogP contribution is 2.29. The Balaban J connectivity index is 1.78. The van der Waals surface area contributed by atoms with Crippen LogP contribution in [0.25, 0.3) is 0 Å². The van der Waals surface area contributed by atoms with Crippen molar-refractivity contribution in [2.45, 2.75) is 38.1 Å². The number of alkyl halides is 3. The van der Waals surface area contributed by atoms with E-state index in [4.69, 9.17) is 0 Å². The molecule has 1 aromatic heterocycles.